The van der Waals surface area contributed by atoms with Gasteiger partial charge in [0.05, 0.1) is 25.4 Å². The predicted octanol–water partition coefficient (Wildman–Crippen LogP) is 4.87. The third-order valence-corrected chi connectivity index (χ3v) is 9.84. The van der Waals surface area contributed by atoms with E-state index in [2.05, 4.69) is 53.9 Å². The van der Waals surface area contributed by atoms with E-state index in [-0.39, 0.29) is 35.9 Å². The van der Waals surface area contributed by atoms with E-state index in [9.17, 15) is 9.59 Å². The van der Waals surface area contributed by atoms with Crippen LogP contribution in [-0.2, 0) is 24.2 Å². The Morgan fingerprint density at radius 2 is 2.13 bits per heavy atom. The second kappa shape index (κ2) is 11.3. The minimum Gasteiger partial charge on any atom is -0.496 e. The van der Waals surface area contributed by atoms with Crippen molar-refractivity contribution in [3.05, 3.63) is 52.1 Å². The molecule has 6 atom stereocenters. The number of fused-ring (bicyclic) bond motifs is 1. The molecule has 0 aliphatic carbocycles. The fourth-order valence-corrected chi connectivity index (χ4v) is 7.87. The van der Waals surface area contributed by atoms with E-state index in [1.165, 1.54) is 4.57 Å². The van der Waals surface area contributed by atoms with Gasteiger partial charge in [-0.25, -0.2) is 9.46 Å². The van der Waals surface area contributed by atoms with E-state index >= 15 is 0 Å². The van der Waals surface area contributed by atoms with Crippen molar-refractivity contribution in [2.24, 2.45) is 5.92 Å². The lowest BCUT2D eigenvalue weighted by molar-refractivity contribution is -0.118. The summed E-state index contributed by atoms with van der Waals surface area (Å²) in [7, 11) is 0.365. The number of nitrogens with one attached hydrogen (secondary N) is 1. The molecule has 1 N–H and O–H groups in total. The Hall–Kier alpha value is -2.36. The molecular formula is C28H39N4O6P. The SMILES string of the molecule is CC[C@H]1O[C@@H](n2ccc(NC(=O)C(C)C)nc2=O)CC1O[P@@]1O[C@](C)(c2ccc(C)cc2OC)[C@@H]2CCCN21. The summed E-state index contributed by atoms with van der Waals surface area (Å²) < 4.78 is 29.4. The summed E-state index contributed by atoms with van der Waals surface area (Å²) in [5.41, 5.74) is 1.15. The zero-order valence-corrected chi connectivity index (χ0v) is 24.4. The number of carbonyl (C=O) groups excluding carboxylic acids is 1. The summed E-state index contributed by atoms with van der Waals surface area (Å²) in [6.07, 6.45) is 4.05. The van der Waals surface area contributed by atoms with E-state index in [1.807, 2.05) is 0 Å². The number of rotatable bonds is 8. The molecule has 0 saturated carbocycles. The molecule has 3 saturated heterocycles. The van der Waals surface area contributed by atoms with Crippen molar-refractivity contribution in [3.8, 4) is 5.75 Å². The van der Waals surface area contributed by atoms with Gasteiger partial charge in [0.1, 0.15) is 23.4 Å². The van der Waals surface area contributed by atoms with Crippen molar-refractivity contribution in [1.82, 2.24) is 14.2 Å². The van der Waals surface area contributed by atoms with Crippen molar-refractivity contribution in [1.29, 1.82) is 0 Å². The Morgan fingerprint density at radius 3 is 2.82 bits per heavy atom. The van der Waals surface area contributed by atoms with Gasteiger partial charge >= 0.3 is 5.69 Å². The largest absolute Gasteiger partial charge is 0.496 e. The maximum Gasteiger partial charge on any atom is 0.351 e. The number of anilines is 1. The molecule has 1 unspecified atom stereocenters. The minimum absolute atomic E-state index is 0.185. The van der Waals surface area contributed by atoms with Crippen LogP contribution in [0.5, 0.6) is 5.75 Å². The first-order valence-corrected chi connectivity index (χ1v) is 14.9. The predicted molar refractivity (Wildman–Crippen MR) is 148 cm³/mol. The summed E-state index contributed by atoms with van der Waals surface area (Å²) in [5, 5.41) is 2.67. The van der Waals surface area contributed by atoms with Crippen LogP contribution in [0.15, 0.2) is 35.3 Å². The first kappa shape index (κ1) is 28.2. The van der Waals surface area contributed by atoms with Crippen LogP contribution < -0.4 is 15.7 Å². The minimum atomic E-state index is -1.34. The number of hydrogen-bond acceptors (Lipinski definition) is 8. The number of ether oxygens (including phenoxy) is 2. The average Bonchev–Trinajstić information content (AvgIpc) is 3.61. The fraction of sp³-hybridized carbons (Fsp3) is 0.607. The van der Waals surface area contributed by atoms with E-state index in [4.69, 9.17) is 18.5 Å². The highest BCUT2D eigenvalue weighted by molar-refractivity contribution is 7.45. The van der Waals surface area contributed by atoms with Crippen LogP contribution in [0.25, 0.3) is 0 Å². The normalized spacial score (nSPS) is 30.6. The Morgan fingerprint density at radius 1 is 1.33 bits per heavy atom. The van der Waals surface area contributed by atoms with Crippen LogP contribution in [0.3, 0.4) is 0 Å². The zero-order chi connectivity index (χ0) is 27.9. The van der Waals surface area contributed by atoms with Crippen LogP contribution in [0, 0.1) is 12.8 Å². The molecule has 5 rings (SSSR count). The Kier molecular flexibility index (Phi) is 8.13. The zero-order valence-electron chi connectivity index (χ0n) is 23.5. The summed E-state index contributed by atoms with van der Waals surface area (Å²) in [6.45, 7) is 10.7. The van der Waals surface area contributed by atoms with Gasteiger partial charge in [-0.3, -0.25) is 9.36 Å². The molecule has 3 aliphatic rings. The van der Waals surface area contributed by atoms with Gasteiger partial charge in [-0.2, -0.15) is 4.98 Å². The first-order chi connectivity index (χ1) is 18.6. The van der Waals surface area contributed by atoms with Crippen molar-refractivity contribution >= 4 is 20.3 Å². The molecular weight excluding hydrogens is 519 g/mol. The topological polar surface area (TPSA) is 104 Å². The van der Waals surface area contributed by atoms with Crippen molar-refractivity contribution in [3.63, 3.8) is 0 Å². The lowest BCUT2D eigenvalue weighted by atomic mass is 9.86. The second-order valence-corrected chi connectivity index (χ2v) is 12.4. The number of benzene rings is 1. The monoisotopic (exact) mass is 558 g/mol. The molecule has 3 aliphatic heterocycles. The van der Waals surface area contributed by atoms with Crippen LogP contribution in [0.4, 0.5) is 5.82 Å². The first-order valence-electron chi connectivity index (χ1n) is 13.8. The quantitative estimate of drug-likeness (QED) is 0.458. The van der Waals surface area contributed by atoms with E-state index < -0.39 is 26.0 Å². The van der Waals surface area contributed by atoms with Crippen LogP contribution in [0.2, 0.25) is 0 Å². The summed E-state index contributed by atoms with van der Waals surface area (Å²) in [6, 6.07) is 8.08. The lowest BCUT2D eigenvalue weighted by Crippen LogP contribution is -2.37. The molecule has 3 fully saturated rings. The summed E-state index contributed by atoms with van der Waals surface area (Å²) in [5.74, 6) is 0.670. The van der Waals surface area contributed by atoms with Gasteiger partial charge < -0.3 is 23.8 Å². The number of nitrogens with zero attached hydrogens (tertiary/aromatic N) is 3. The molecule has 0 spiro atoms. The van der Waals surface area contributed by atoms with Crippen molar-refractivity contribution in [2.75, 3.05) is 19.0 Å². The summed E-state index contributed by atoms with van der Waals surface area (Å²) in [4.78, 5) is 28.9. The standard InChI is InChI=1S/C28H39N4O6P/c1-7-20-22(16-25(36-20)31-14-12-24(30-27(31)34)29-26(33)17(2)3)37-39-32-13-8-9-23(32)28(5,38-39)19-11-10-18(4)15-21(19)35-6/h10-12,14-15,17,20,22-23,25H,7-9,13,16H2,1-6H3,(H,29,30,33,34)/t20-,22?,23+,25-,28-,39+/m1/s1. The van der Waals surface area contributed by atoms with Crippen LogP contribution >= 0.6 is 8.53 Å². The average molecular weight is 559 g/mol. The van der Waals surface area contributed by atoms with Gasteiger partial charge in [0.15, 0.2) is 0 Å². The van der Waals surface area contributed by atoms with Gasteiger partial charge in [-0.1, -0.05) is 32.9 Å². The molecule has 1 aromatic heterocycles. The molecule has 10 nitrogen and oxygen atoms in total. The molecule has 0 bridgehead atoms. The van der Waals surface area contributed by atoms with Gasteiger partial charge in [0.25, 0.3) is 8.53 Å². The molecule has 11 heteroatoms. The van der Waals surface area contributed by atoms with E-state index in [1.54, 1.807) is 33.2 Å². The van der Waals surface area contributed by atoms with Crippen molar-refractivity contribution in [2.45, 2.75) is 90.4 Å². The third kappa shape index (κ3) is 5.37. The second-order valence-electron chi connectivity index (χ2n) is 11.0. The summed E-state index contributed by atoms with van der Waals surface area (Å²) >= 11 is 0. The fourth-order valence-electron chi connectivity index (χ4n) is 5.73. The Balaban J connectivity index is 1.33. The number of aryl methyl sites for hydroxylation is 1. The Labute approximate surface area is 231 Å². The van der Waals surface area contributed by atoms with Gasteiger partial charge in [-0.15, -0.1) is 0 Å². The molecule has 39 heavy (non-hydrogen) atoms. The number of hydrogen-bond donors (Lipinski definition) is 1. The van der Waals surface area contributed by atoms with Crippen LogP contribution in [-0.4, -0.2) is 52.0 Å². The molecule has 1 aromatic carbocycles. The van der Waals surface area contributed by atoms with E-state index in [0.29, 0.717) is 6.42 Å². The molecule has 0 radical (unpaired) electrons. The highest BCUT2D eigenvalue weighted by Gasteiger charge is 2.57. The highest BCUT2D eigenvalue weighted by Crippen LogP contribution is 2.64. The van der Waals surface area contributed by atoms with Crippen molar-refractivity contribution < 1.29 is 23.3 Å². The third-order valence-electron chi connectivity index (χ3n) is 7.95. The smallest absolute Gasteiger partial charge is 0.351 e. The molecule has 4 heterocycles. The number of aromatic nitrogens is 2. The lowest BCUT2D eigenvalue weighted by Gasteiger charge is -2.30. The maximum atomic E-state index is 12.8. The molecule has 1 amide bonds. The number of methoxy groups -OCH3 is 1. The molecule has 212 valence electrons. The van der Waals surface area contributed by atoms with Gasteiger partial charge in [0, 0.05) is 30.6 Å². The van der Waals surface area contributed by atoms with Gasteiger partial charge in [-0.05, 0) is 50.8 Å². The number of amides is 1. The van der Waals surface area contributed by atoms with E-state index in [0.717, 1.165) is 42.7 Å². The van der Waals surface area contributed by atoms with Crippen LogP contribution in [0.1, 0.15) is 70.7 Å². The maximum absolute atomic E-state index is 12.8. The number of carbonyl (C=O) groups is 1. The Bertz CT molecular complexity index is 1270. The molecule has 2 aromatic rings. The van der Waals surface area contributed by atoms with Gasteiger partial charge in [0.2, 0.25) is 5.91 Å². The highest BCUT2D eigenvalue weighted by atomic mass is 31.2.